The summed E-state index contributed by atoms with van der Waals surface area (Å²) in [6.45, 7) is 1.87. The molecule has 0 unspecified atom stereocenters. The zero-order valence-electron chi connectivity index (χ0n) is 13.1. The Morgan fingerprint density at radius 3 is 2.64 bits per heavy atom. The predicted octanol–water partition coefficient (Wildman–Crippen LogP) is 2.98. The predicted molar refractivity (Wildman–Crippen MR) is 85.5 cm³/mol. The van der Waals surface area contributed by atoms with E-state index >= 15 is 0 Å². The molecule has 5 heteroatoms. The number of nitrogens with one attached hydrogen (secondary N) is 1. The second kappa shape index (κ2) is 7.45. The summed E-state index contributed by atoms with van der Waals surface area (Å²) in [4.78, 5) is 16.2. The van der Waals surface area contributed by atoms with E-state index in [1.54, 1.807) is 26.5 Å². The van der Waals surface area contributed by atoms with Crippen molar-refractivity contribution in [1.29, 1.82) is 0 Å². The molecular formula is C17H20N2O3. The zero-order chi connectivity index (χ0) is 15.9. The van der Waals surface area contributed by atoms with Gasteiger partial charge in [-0.05, 0) is 43.2 Å². The van der Waals surface area contributed by atoms with E-state index < -0.39 is 0 Å². The van der Waals surface area contributed by atoms with Crippen LogP contribution in [0.15, 0.2) is 36.5 Å². The fourth-order valence-corrected chi connectivity index (χ4v) is 2.12. The van der Waals surface area contributed by atoms with Crippen LogP contribution in [0.2, 0.25) is 0 Å². The molecule has 0 fully saturated rings. The largest absolute Gasteiger partial charge is 0.493 e. The molecule has 0 radical (unpaired) electrons. The molecule has 0 aliphatic rings. The van der Waals surface area contributed by atoms with Gasteiger partial charge in [0.1, 0.15) is 0 Å². The molecule has 0 atom stereocenters. The first kappa shape index (κ1) is 15.8. The van der Waals surface area contributed by atoms with Crippen molar-refractivity contribution in [3.8, 4) is 11.5 Å². The number of pyridine rings is 1. The van der Waals surface area contributed by atoms with Crippen LogP contribution in [0.25, 0.3) is 0 Å². The first-order valence-corrected chi connectivity index (χ1v) is 7.06. The van der Waals surface area contributed by atoms with Crippen LogP contribution in [-0.2, 0) is 11.2 Å². The first-order valence-electron chi connectivity index (χ1n) is 7.06. The van der Waals surface area contributed by atoms with Crippen LogP contribution in [0, 0.1) is 6.92 Å². The molecule has 0 aliphatic heterocycles. The summed E-state index contributed by atoms with van der Waals surface area (Å²) in [6.07, 6.45) is 2.73. The maximum atomic E-state index is 12.0. The number of aryl methyl sites for hydroxylation is 2. The van der Waals surface area contributed by atoms with Gasteiger partial charge in [0, 0.05) is 12.6 Å². The normalized spacial score (nSPS) is 10.1. The number of aromatic nitrogens is 1. The standard InChI is InChI=1S/C17H20N2O3/c1-12-14(5-4-10-18-12)19-17(20)9-7-13-6-8-15(21-2)16(11-13)22-3/h4-6,8,10-11H,7,9H2,1-3H3,(H,19,20). The SMILES string of the molecule is COc1ccc(CCC(=O)Nc2cccnc2C)cc1OC. The summed E-state index contributed by atoms with van der Waals surface area (Å²) in [5.41, 5.74) is 2.58. The number of rotatable bonds is 6. The highest BCUT2D eigenvalue weighted by molar-refractivity contribution is 5.91. The van der Waals surface area contributed by atoms with Crippen LogP contribution in [0.3, 0.4) is 0 Å². The highest BCUT2D eigenvalue weighted by atomic mass is 16.5. The van der Waals surface area contributed by atoms with Gasteiger partial charge in [0.05, 0.1) is 25.6 Å². The molecule has 2 aromatic rings. The third-order valence-corrected chi connectivity index (χ3v) is 3.37. The Labute approximate surface area is 130 Å². The van der Waals surface area contributed by atoms with Gasteiger partial charge < -0.3 is 14.8 Å². The van der Waals surface area contributed by atoms with E-state index in [2.05, 4.69) is 10.3 Å². The molecule has 1 amide bonds. The number of methoxy groups -OCH3 is 2. The highest BCUT2D eigenvalue weighted by Crippen LogP contribution is 2.28. The molecule has 1 aromatic heterocycles. The van der Waals surface area contributed by atoms with Crippen LogP contribution in [-0.4, -0.2) is 25.1 Å². The van der Waals surface area contributed by atoms with Crippen LogP contribution >= 0.6 is 0 Å². The van der Waals surface area contributed by atoms with Crippen molar-refractivity contribution in [3.05, 3.63) is 47.8 Å². The maximum Gasteiger partial charge on any atom is 0.224 e. The molecule has 0 bridgehead atoms. The summed E-state index contributed by atoms with van der Waals surface area (Å²) in [5, 5.41) is 2.87. The third kappa shape index (κ3) is 3.97. The zero-order valence-corrected chi connectivity index (χ0v) is 13.1. The van der Waals surface area contributed by atoms with Gasteiger partial charge in [-0.2, -0.15) is 0 Å². The lowest BCUT2D eigenvalue weighted by molar-refractivity contribution is -0.116. The van der Waals surface area contributed by atoms with Crippen LogP contribution in [0.4, 0.5) is 5.69 Å². The number of benzene rings is 1. The van der Waals surface area contributed by atoms with Crippen LogP contribution in [0.5, 0.6) is 11.5 Å². The molecule has 0 aliphatic carbocycles. The average molecular weight is 300 g/mol. The lowest BCUT2D eigenvalue weighted by atomic mass is 10.1. The van der Waals surface area contributed by atoms with Crippen molar-refractivity contribution in [3.63, 3.8) is 0 Å². The minimum Gasteiger partial charge on any atom is -0.493 e. The molecule has 1 heterocycles. The van der Waals surface area contributed by atoms with Crippen molar-refractivity contribution in [2.75, 3.05) is 19.5 Å². The second-order valence-corrected chi connectivity index (χ2v) is 4.87. The number of nitrogens with zero attached hydrogens (tertiary/aromatic N) is 1. The molecule has 22 heavy (non-hydrogen) atoms. The quantitative estimate of drug-likeness (QED) is 0.891. The maximum absolute atomic E-state index is 12.0. The Kier molecular flexibility index (Phi) is 5.36. The number of amides is 1. The Morgan fingerprint density at radius 2 is 1.95 bits per heavy atom. The van der Waals surface area contributed by atoms with Crippen molar-refractivity contribution in [2.24, 2.45) is 0 Å². The van der Waals surface area contributed by atoms with Crippen molar-refractivity contribution in [2.45, 2.75) is 19.8 Å². The molecule has 1 aromatic carbocycles. The highest BCUT2D eigenvalue weighted by Gasteiger charge is 2.08. The van der Waals surface area contributed by atoms with E-state index in [9.17, 15) is 4.79 Å². The fraction of sp³-hybridized carbons (Fsp3) is 0.294. The van der Waals surface area contributed by atoms with Gasteiger partial charge in [0.15, 0.2) is 11.5 Å². The third-order valence-electron chi connectivity index (χ3n) is 3.37. The monoisotopic (exact) mass is 300 g/mol. The molecule has 2 rings (SSSR count). The lowest BCUT2D eigenvalue weighted by Gasteiger charge is -2.10. The number of hydrogen-bond donors (Lipinski definition) is 1. The second-order valence-electron chi connectivity index (χ2n) is 4.87. The summed E-state index contributed by atoms with van der Waals surface area (Å²) in [7, 11) is 3.20. The number of ether oxygens (including phenoxy) is 2. The Bertz CT molecular complexity index is 656. The number of hydrogen-bond acceptors (Lipinski definition) is 4. The van der Waals surface area contributed by atoms with Crippen LogP contribution < -0.4 is 14.8 Å². The molecular weight excluding hydrogens is 280 g/mol. The van der Waals surface area contributed by atoms with Gasteiger partial charge in [-0.25, -0.2) is 0 Å². The molecule has 0 saturated heterocycles. The van der Waals surface area contributed by atoms with Crippen LogP contribution in [0.1, 0.15) is 17.7 Å². The molecule has 116 valence electrons. The van der Waals surface area contributed by atoms with Gasteiger partial charge in [0.25, 0.3) is 0 Å². The Balaban J connectivity index is 1.95. The van der Waals surface area contributed by atoms with Gasteiger partial charge in [-0.1, -0.05) is 6.07 Å². The number of carbonyl (C=O) groups is 1. The van der Waals surface area contributed by atoms with Crippen molar-refractivity contribution in [1.82, 2.24) is 4.98 Å². The Hall–Kier alpha value is -2.56. The number of carbonyl (C=O) groups excluding carboxylic acids is 1. The molecule has 0 spiro atoms. The van der Waals surface area contributed by atoms with E-state index in [-0.39, 0.29) is 5.91 Å². The first-order chi connectivity index (χ1) is 10.6. The summed E-state index contributed by atoms with van der Waals surface area (Å²) >= 11 is 0. The van der Waals surface area contributed by atoms with Gasteiger partial charge >= 0.3 is 0 Å². The van der Waals surface area contributed by atoms with Gasteiger partial charge in [-0.15, -0.1) is 0 Å². The number of anilines is 1. The molecule has 1 N–H and O–H groups in total. The van der Waals surface area contributed by atoms with E-state index in [0.717, 1.165) is 16.9 Å². The van der Waals surface area contributed by atoms with Gasteiger partial charge in [0.2, 0.25) is 5.91 Å². The van der Waals surface area contributed by atoms with E-state index in [1.165, 1.54) is 0 Å². The minimum absolute atomic E-state index is 0.0362. The summed E-state index contributed by atoms with van der Waals surface area (Å²) < 4.78 is 10.5. The lowest BCUT2D eigenvalue weighted by Crippen LogP contribution is -2.13. The summed E-state index contributed by atoms with van der Waals surface area (Å²) in [5.74, 6) is 1.32. The van der Waals surface area contributed by atoms with Crippen molar-refractivity contribution >= 4 is 11.6 Å². The van der Waals surface area contributed by atoms with E-state index in [4.69, 9.17) is 9.47 Å². The summed E-state index contributed by atoms with van der Waals surface area (Å²) in [6, 6.07) is 9.32. The van der Waals surface area contributed by atoms with E-state index in [1.807, 2.05) is 31.2 Å². The fourth-order valence-electron chi connectivity index (χ4n) is 2.12. The minimum atomic E-state index is -0.0362. The average Bonchev–Trinajstić information content (AvgIpc) is 2.54. The van der Waals surface area contributed by atoms with Crippen molar-refractivity contribution < 1.29 is 14.3 Å². The molecule has 0 saturated carbocycles. The van der Waals surface area contributed by atoms with Gasteiger partial charge in [-0.3, -0.25) is 9.78 Å². The smallest absolute Gasteiger partial charge is 0.224 e. The Morgan fingerprint density at radius 1 is 1.18 bits per heavy atom. The van der Waals surface area contributed by atoms with E-state index in [0.29, 0.717) is 24.3 Å². The molecule has 5 nitrogen and oxygen atoms in total. The topological polar surface area (TPSA) is 60.5 Å².